The third kappa shape index (κ3) is 4.85. The molecule has 2 aliphatic heterocycles. The van der Waals surface area contributed by atoms with Gasteiger partial charge in [-0.25, -0.2) is 4.79 Å². The van der Waals surface area contributed by atoms with Crippen LogP contribution in [0.4, 0.5) is 4.79 Å². The summed E-state index contributed by atoms with van der Waals surface area (Å²) in [5.41, 5.74) is 0.109. The van der Waals surface area contributed by atoms with E-state index >= 15 is 0 Å². The molecule has 0 radical (unpaired) electrons. The van der Waals surface area contributed by atoms with Gasteiger partial charge in [0.2, 0.25) is 5.91 Å². The molecular weight excluding hydrogens is 290 g/mol. The van der Waals surface area contributed by atoms with Gasteiger partial charge >= 0.3 is 6.03 Å². The molecule has 23 heavy (non-hydrogen) atoms. The Morgan fingerprint density at radius 2 is 1.96 bits per heavy atom. The van der Waals surface area contributed by atoms with Gasteiger partial charge in [-0.1, -0.05) is 13.8 Å². The van der Waals surface area contributed by atoms with Crippen LogP contribution in [0.3, 0.4) is 0 Å². The van der Waals surface area contributed by atoms with Crippen molar-refractivity contribution in [3.05, 3.63) is 0 Å². The molecule has 0 saturated carbocycles. The molecule has 0 aromatic carbocycles. The van der Waals surface area contributed by atoms with Gasteiger partial charge in [-0.2, -0.15) is 0 Å². The van der Waals surface area contributed by atoms with Gasteiger partial charge in [0.25, 0.3) is 0 Å². The van der Waals surface area contributed by atoms with Crippen LogP contribution in [0.25, 0.3) is 0 Å². The first-order chi connectivity index (χ1) is 10.8. The number of nitrogens with one attached hydrogen (secondary N) is 1. The molecule has 2 rings (SSSR count). The highest BCUT2D eigenvalue weighted by molar-refractivity contribution is 5.77. The second-order valence-electron chi connectivity index (χ2n) is 8.13. The fourth-order valence-electron chi connectivity index (χ4n) is 3.77. The van der Waals surface area contributed by atoms with E-state index in [-0.39, 0.29) is 17.5 Å². The number of rotatable bonds is 4. The second-order valence-corrected chi connectivity index (χ2v) is 8.13. The van der Waals surface area contributed by atoms with Crippen molar-refractivity contribution in [1.29, 1.82) is 0 Å². The average molecular weight is 323 g/mol. The molecule has 2 saturated heterocycles. The predicted octanol–water partition coefficient (Wildman–Crippen LogP) is 2.86. The number of urea groups is 1. The van der Waals surface area contributed by atoms with E-state index in [1.807, 2.05) is 23.6 Å². The summed E-state index contributed by atoms with van der Waals surface area (Å²) in [5, 5.41) is 3.00. The van der Waals surface area contributed by atoms with Crippen LogP contribution >= 0.6 is 0 Å². The molecule has 2 fully saturated rings. The van der Waals surface area contributed by atoms with Crippen LogP contribution in [0.1, 0.15) is 59.8 Å². The van der Waals surface area contributed by atoms with Crippen LogP contribution in [-0.4, -0.2) is 54.0 Å². The first kappa shape index (κ1) is 18.1. The van der Waals surface area contributed by atoms with Gasteiger partial charge in [-0.3, -0.25) is 4.79 Å². The Morgan fingerprint density at radius 3 is 2.61 bits per heavy atom. The van der Waals surface area contributed by atoms with Gasteiger partial charge in [0.05, 0.1) is 0 Å². The van der Waals surface area contributed by atoms with E-state index in [2.05, 4.69) is 19.2 Å². The summed E-state index contributed by atoms with van der Waals surface area (Å²) in [5.74, 6) is 0.903. The minimum absolute atomic E-state index is 0.0460. The Bertz CT molecular complexity index is 430. The van der Waals surface area contributed by atoms with E-state index in [4.69, 9.17) is 0 Å². The van der Waals surface area contributed by atoms with Crippen molar-refractivity contribution in [3.8, 4) is 0 Å². The highest BCUT2D eigenvalue weighted by Crippen LogP contribution is 2.39. The number of piperidine rings is 2. The maximum Gasteiger partial charge on any atom is 0.317 e. The van der Waals surface area contributed by atoms with Gasteiger partial charge in [-0.15, -0.1) is 0 Å². The Labute approximate surface area is 140 Å². The molecule has 0 aromatic rings. The second kappa shape index (κ2) is 7.54. The van der Waals surface area contributed by atoms with E-state index in [0.29, 0.717) is 18.2 Å². The smallest absolute Gasteiger partial charge is 0.317 e. The maximum atomic E-state index is 12.3. The molecule has 0 aliphatic carbocycles. The first-order valence-corrected chi connectivity index (χ1v) is 9.14. The molecule has 5 heteroatoms. The fraction of sp³-hybridized carbons (Fsp3) is 0.889. The average Bonchev–Trinajstić information content (AvgIpc) is 2.48. The monoisotopic (exact) mass is 323 g/mol. The Balaban J connectivity index is 1.99. The minimum atomic E-state index is 0.0460. The summed E-state index contributed by atoms with van der Waals surface area (Å²) < 4.78 is 0. The zero-order valence-electron chi connectivity index (χ0n) is 15.2. The van der Waals surface area contributed by atoms with Crippen molar-refractivity contribution >= 4 is 11.9 Å². The van der Waals surface area contributed by atoms with Crippen molar-refractivity contribution in [3.63, 3.8) is 0 Å². The van der Waals surface area contributed by atoms with Gasteiger partial charge in [0, 0.05) is 44.1 Å². The standard InChI is InChI=1S/C18H33N3O2/c1-14(2)7-11-20-12-18(9-6-16(20)22)8-5-10-21(13-18)17(23)19-15(3)4/h14-15H,5-13H2,1-4H3,(H,19,23)/t18-/m1/s1. The summed E-state index contributed by atoms with van der Waals surface area (Å²) in [6.07, 6.45) is 4.79. The van der Waals surface area contributed by atoms with Crippen LogP contribution in [0, 0.1) is 11.3 Å². The molecule has 132 valence electrons. The SMILES string of the molecule is CC(C)CCN1C[C@@]2(CCCN(C(=O)NC(C)C)C2)CCC1=O. The van der Waals surface area contributed by atoms with Crippen molar-refractivity contribution in [2.24, 2.45) is 11.3 Å². The molecule has 0 aromatic heterocycles. The van der Waals surface area contributed by atoms with Gasteiger partial charge in [-0.05, 0) is 45.4 Å². The predicted molar refractivity (Wildman–Crippen MR) is 92.2 cm³/mol. The molecule has 5 nitrogen and oxygen atoms in total. The number of hydrogen-bond donors (Lipinski definition) is 1. The lowest BCUT2D eigenvalue weighted by atomic mass is 9.73. The van der Waals surface area contributed by atoms with Gasteiger partial charge in [0.15, 0.2) is 0 Å². The first-order valence-electron chi connectivity index (χ1n) is 9.14. The van der Waals surface area contributed by atoms with E-state index in [9.17, 15) is 9.59 Å². The number of amides is 3. The van der Waals surface area contributed by atoms with E-state index in [0.717, 1.165) is 51.9 Å². The highest BCUT2D eigenvalue weighted by Gasteiger charge is 2.42. The van der Waals surface area contributed by atoms with Crippen LogP contribution in [0.5, 0.6) is 0 Å². The number of nitrogens with zero attached hydrogens (tertiary/aromatic N) is 2. The third-order valence-electron chi connectivity index (χ3n) is 5.09. The molecule has 1 atom stereocenters. The summed E-state index contributed by atoms with van der Waals surface area (Å²) >= 11 is 0. The van der Waals surface area contributed by atoms with E-state index < -0.39 is 0 Å². The molecule has 0 bridgehead atoms. The van der Waals surface area contributed by atoms with Crippen molar-refractivity contribution < 1.29 is 9.59 Å². The van der Waals surface area contributed by atoms with Crippen molar-refractivity contribution in [2.45, 2.75) is 65.8 Å². The number of carbonyl (C=O) groups is 2. The van der Waals surface area contributed by atoms with Crippen LogP contribution in [-0.2, 0) is 4.79 Å². The maximum absolute atomic E-state index is 12.3. The molecule has 0 unspecified atom stereocenters. The number of hydrogen-bond acceptors (Lipinski definition) is 2. The molecular formula is C18H33N3O2. The zero-order valence-corrected chi connectivity index (χ0v) is 15.2. The summed E-state index contributed by atoms with van der Waals surface area (Å²) in [6.45, 7) is 11.7. The van der Waals surface area contributed by atoms with Crippen LogP contribution in [0.2, 0.25) is 0 Å². The topological polar surface area (TPSA) is 52.6 Å². The quantitative estimate of drug-likeness (QED) is 0.865. The normalized spacial score (nSPS) is 25.6. The van der Waals surface area contributed by atoms with E-state index in [1.165, 1.54) is 0 Å². The van der Waals surface area contributed by atoms with Crippen LogP contribution in [0.15, 0.2) is 0 Å². The zero-order chi connectivity index (χ0) is 17.0. The van der Waals surface area contributed by atoms with Crippen molar-refractivity contribution in [1.82, 2.24) is 15.1 Å². The molecule has 2 heterocycles. The summed E-state index contributed by atoms with van der Waals surface area (Å²) in [7, 11) is 0. The van der Waals surface area contributed by atoms with Gasteiger partial charge < -0.3 is 15.1 Å². The molecule has 3 amide bonds. The van der Waals surface area contributed by atoms with Crippen LogP contribution < -0.4 is 5.32 Å². The Kier molecular flexibility index (Phi) is 5.93. The molecule has 1 N–H and O–H groups in total. The molecule has 1 spiro atoms. The third-order valence-corrected chi connectivity index (χ3v) is 5.09. The minimum Gasteiger partial charge on any atom is -0.342 e. The lowest BCUT2D eigenvalue weighted by molar-refractivity contribution is -0.139. The summed E-state index contributed by atoms with van der Waals surface area (Å²) in [4.78, 5) is 28.6. The Hall–Kier alpha value is -1.26. The van der Waals surface area contributed by atoms with Gasteiger partial charge in [0.1, 0.15) is 0 Å². The largest absolute Gasteiger partial charge is 0.342 e. The highest BCUT2D eigenvalue weighted by atomic mass is 16.2. The molecule has 2 aliphatic rings. The number of likely N-dealkylation sites (tertiary alicyclic amines) is 2. The summed E-state index contributed by atoms with van der Waals surface area (Å²) in [6, 6.07) is 0.209. The Morgan fingerprint density at radius 1 is 1.22 bits per heavy atom. The lowest BCUT2D eigenvalue weighted by Crippen LogP contribution is -2.57. The number of carbonyl (C=O) groups excluding carboxylic acids is 2. The van der Waals surface area contributed by atoms with E-state index in [1.54, 1.807) is 0 Å². The fourth-order valence-corrected chi connectivity index (χ4v) is 3.77. The lowest BCUT2D eigenvalue weighted by Gasteiger charge is -2.48. The van der Waals surface area contributed by atoms with Crippen molar-refractivity contribution in [2.75, 3.05) is 26.2 Å².